The Morgan fingerprint density at radius 1 is 0.903 bits per heavy atom. The van der Waals surface area contributed by atoms with Gasteiger partial charge in [0.2, 0.25) is 0 Å². The number of hydrogen-bond acceptors (Lipinski definition) is 3. The SMILES string of the molecule is Fc1ccccc1Cn1cc(Cl)c(NC(=S)Nc2cnn(Cc3ccccc3Cl)c2)n1. The van der Waals surface area contributed by atoms with E-state index in [1.165, 1.54) is 6.07 Å². The molecule has 10 heteroatoms. The molecule has 0 saturated carbocycles. The van der Waals surface area contributed by atoms with Crippen molar-refractivity contribution in [3.63, 3.8) is 0 Å². The van der Waals surface area contributed by atoms with Gasteiger partial charge < -0.3 is 10.6 Å². The predicted molar refractivity (Wildman–Crippen MR) is 125 cm³/mol. The van der Waals surface area contributed by atoms with Crippen molar-refractivity contribution < 1.29 is 4.39 Å². The molecule has 2 heterocycles. The number of hydrogen-bond donors (Lipinski definition) is 2. The van der Waals surface area contributed by atoms with Crippen LogP contribution in [-0.4, -0.2) is 24.7 Å². The molecule has 0 aliphatic carbocycles. The molecule has 0 saturated heterocycles. The van der Waals surface area contributed by atoms with Gasteiger partial charge in [0, 0.05) is 23.0 Å². The summed E-state index contributed by atoms with van der Waals surface area (Å²) >= 11 is 17.8. The molecule has 158 valence electrons. The first-order valence-electron chi connectivity index (χ1n) is 9.28. The van der Waals surface area contributed by atoms with Crippen LogP contribution in [0.3, 0.4) is 0 Å². The van der Waals surface area contributed by atoms with E-state index in [9.17, 15) is 4.39 Å². The predicted octanol–water partition coefficient (Wildman–Crippen LogP) is 5.43. The lowest BCUT2D eigenvalue weighted by Crippen LogP contribution is -2.19. The van der Waals surface area contributed by atoms with Crippen LogP contribution in [0.4, 0.5) is 15.9 Å². The maximum absolute atomic E-state index is 13.9. The van der Waals surface area contributed by atoms with Crippen LogP contribution in [0.2, 0.25) is 10.0 Å². The second-order valence-electron chi connectivity index (χ2n) is 6.71. The van der Waals surface area contributed by atoms with Crippen LogP contribution in [0.15, 0.2) is 67.1 Å². The number of anilines is 2. The zero-order valence-corrected chi connectivity index (χ0v) is 18.4. The average molecular weight is 475 g/mol. The van der Waals surface area contributed by atoms with E-state index >= 15 is 0 Å². The Morgan fingerprint density at radius 3 is 2.39 bits per heavy atom. The molecular formula is C21H17Cl2FN6S. The van der Waals surface area contributed by atoms with Crippen molar-refractivity contribution >= 4 is 52.0 Å². The van der Waals surface area contributed by atoms with Crippen LogP contribution in [-0.2, 0) is 13.1 Å². The molecule has 31 heavy (non-hydrogen) atoms. The van der Waals surface area contributed by atoms with Crippen molar-refractivity contribution in [1.82, 2.24) is 19.6 Å². The largest absolute Gasteiger partial charge is 0.330 e. The summed E-state index contributed by atoms with van der Waals surface area (Å²) in [5, 5.41) is 16.0. The van der Waals surface area contributed by atoms with Gasteiger partial charge in [-0.1, -0.05) is 59.6 Å². The average Bonchev–Trinajstić information content (AvgIpc) is 3.31. The third-order valence-corrected chi connectivity index (χ3v) is 5.27. The van der Waals surface area contributed by atoms with Gasteiger partial charge in [-0.15, -0.1) is 0 Å². The standard InChI is InChI=1S/C21H17Cl2FN6S/c22-17-7-3-1-5-14(17)10-29-12-16(9-25-29)26-21(31)27-20-18(23)13-30(28-20)11-15-6-2-4-8-19(15)24/h1-9,12-13H,10-11H2,(H2,26,27,28,31). The van der Waals surface area contributed by atoms with Gasteiger partial charge >= 0.3 is 0 Å². The molecule has 2 N–H and O–H groups in total. The van der Waals surface area contributed by atoms with Crippen LogP contribution in [0, 0.1) is 5.82 Å². The van der Waals surface area contributed by atoms with Crippen molar-refractivity contribution in [2.45, 2.75) is 13.1 Å². The molecule has 0 spiro atoms. The van der Waals surface area contributed by atoms with E-state index in [2.05, 4.69) is 20.8 Å². The molecule has 4 aromatic rings. The van der Waals surface area contributed by atoms with Crippen LogP contribution in [0.5, 0.6) is 0 Å². The van der Waals surface area contributed by atoms with Crippen molar-refractivity contribution in [3.05, 3.63) is 94.1 Å². The number of halogens is 3. The maximum Gasteiger partial charge on any atom is 0.176 e. The Bertz CT molecular complexity index is 1220. The highest BCUT2D eigenvalue weighted by Gasteiger charge is 2.11. The zero-order chi connectivity index (χ0) is 21.8. The van der Waals surface area contributed by atoms with Gasteiger partial charge in [-0.05, 0) is 29.9 Å². The zero-order valence-electron chi connectivity index (χ0n) is 16.1. The molecule has 6 nitrogen and oxygen atoms in total. The van der Waals surface area contributed by atoms with E-state index < -0.39 is 0 Å². The lowest BCUT2D eigenvalue weighted by molar-refractivity contribution is 0.586. The number of aromatic nitrogens is 4. The minimum absolute atomic E-state index is 0.253. The summed E-state index contributed by atoms with van der Waals surface area (Å²) in [5.41, 5.74) is 2.18. The Kier molecular flexibility index (Phi) is 6.50. The summed E-state index contributed by atoms with van der Waals surface area (Å²) < 4.78 is 17.2. The lowest BCUT2D eigenvalue weighted by Gasteiger charge is -2.07. The summed E-state index contributed by atoms with van der Waals surface area (Å²) in [5.74, 6) is 0.0774. The molecule has 0 bridgehead atoms. The third kappa shape index (κ3) is 5.41. The summed E-state index contributed by atoms with van der Waals surface area (Å²) in [6.07, 6.45) is 5.08. The van der Waals surface area contributed by atoms with Gasteiger partial charge in [0.1, 0.15) is 10.8 Å². The molecule has 2 aromatic carbocycles. The van der Waals surface area contributed by atoms with Crippen molar-refractivity contribution in [2.75, 3.05) is 10.6 Å². The van der Waals surface area contributed by atoms with E-state index in [4.69, 9.17) is 35.4 Å². The summed E-state index contributed by atoms with van der Waals surface area (Å²) in [4.78, 5) is 0. The number of rotatable bonds is 6. The second-order valence-corrected chi connectivity index (χ2v) is 7.93. The molecule has 0 aliphatic rings. The molecule has 0 radical (unpaired) electrons. The Labute approximate surface area is 193 Å². The van der Waals surface area contributed by atoms with E-state index in [-0.39, 0.29) is 12.4 Å². The minimum atomic E-state index is -0.297. The number of nitrogens with one attached hydrogen (secondary N) is 2. The van der Waals surface area contributed by atoms with Gasteiger partial charge in [-0.3, -0.25) is 9.36 Å². The monoisotopic (exact) mass is 474 g/mol. The minimum Gasteiger partial charge on any atom is -0.330 e. The molecular weight excluding hydrogens is 458 g/mol. The van der Waals surface area contributed by atoms with Gasteiger partial charge in [-0.2, -0.15) is 10.2 Å². The van der Waals surface area contributed by atoms with Gasteiger partial charge in [0.15, 0.2) is 10.9 Å². The molecule has 0 amide bonds. The van der Waals surface area contributed by atoms with E-state index in [0.29, 0.717) is 38.8 Å². The Balaban J connectivity index is 1.37. The first-order chi connectivity index (χ1) is 15.0. The molecule has 0 aliphatic heterocycles. The van der Waals surface area contributed by atoms with Crippen LogP contribution >= 0.6 is 35.4 Å². The van der Waals surface area contributed by atoms with E-state index in [1.807, 2.05) is 30.5 Å². The lowest BCUT2D eigenvalue weighted by atomic mass is 10.2. The van der Waals surface area contributed by atoms with Crippen LogP contribution < -0.4 is 10.6 Å². The van der Waals surface area contributed by atoms with Crippen molar-refractivity contribution in [3.8, 4) is 0 Å². The fourth-order valence-electron chi connectivity index (χ4n) is 2.95. The summed E-state index contributed by atoms with van der Waals surface area (Å²) in [6.45, 7) is 0.789. The second kappa shape index (κ2) is 9.47. The van der Waals surface area contributed by atoms with Crippen LogP contribution in [0.1, 0.15) is 11.1 Å². The van der Waals surface area contributed by atoms with Crippen molar-refractivity contribution in [2.24, 2.45) is 0 Å². The smallest absolute Gasteiger partial charge is 0.176 e. The molecule has 0 unspecified atom stereocenters. The molecule has 2 aromatic heterocycles. The number of nitrogens with zero attached hydrogens (tertiary/aromatic N) is 4. The highest BCUT2D eigenvalue weighted by Crippen LogP contribution is 2.21. The molecule has 0 fully saturated rings. The van der Waals surface area contributed by atoms with E-state index in [1.54, 1.807) is 40.0 Å². The molecule has 0 atom stereocenters. The fraction of sp³-hybridized carbons (Fsp3) is 0.0952. The highest BCUT2D eigenvalue weighted by atomic mass is 35.5. The van der Waals surface area contributed by atoms with E-state index in [0.717, 1.165) is 5.56 Å². The maximum atomic E-state index is 13.9. The van der Waals surface area contributed by atoms with Gasteiger partial charge in [0.25, 0.3) is 0 Å². The third-order valence-electron chi connectivity index (χ3n) is 4.42. The van der Waals surface area contributed by atoms with Crippen LogP contribution in [0.25, 0.3) is 0 Å². The summed E-state index contributed by atoms with van der Waals surface area (Å²) in [7, 11) is 0. The van der Waals surface area contributed by atoms with Gasteiger partial charge in [-0.25, -0.2) is 4.39 Å². The van der Waals surface area contributed by atoms with Gasteiger partial charge in [0.05, 0.1) is 25.0 Å². The topological polar surface area (TPSA) is 59.7 Å². The summed E-state index contributed by atoms with van der Waals surface area (Å²) in [6, 6.07) is 14.1. The molecule has 4 rings (SSSR count). The first-order valence-corrected chi connectivity index (χ1v) is 10.4. The quantitative estimate of drug-likeness (QED) is 0.364. The Hall–Kier alpha value is -2.94. The number of thiocarbonyl (C=S) groups is 1. The fourth-order valence-corrected chi connectivity index (χ4v) is 3.56. The Morgan fingerprint density at radius 2 is 1.61 bits per heavy atom. The highest BCUT2D eigenvalue weighted by molar-refractivity contribution is 7.80. The normalized spacial score (nSPS) is 10.8. The number of benzene rings is 2. The first kappa shape index (κ1) is 21.3. The van der Waals surface area contributed by atoms with Crippen molar-refractivity contribution in [1.29, 1.82) is 0 Å².